The number of hydrogen-bond acceptors (Lipinski definition) is 7. The standard InChI is InChI=1S/C7H13N7O2/c1-5(2)4-8-6-9-11-7(12-10-6)13(3)14(15)16/h5H,4H2,1-3H3,(H,8,9,10). The predicted molar refractivity (Wildman–Crippen MR) is 56.3 cm³/mol. The molecule has 0 radical (unpaired) electrons. The second-order valence-electron chi connectivity index (χ2n) is 3.56. The van der Waals surface area contributed by atoms with E-state index in [1.807, 2.05) is 13.8 Å². The lowest BCUT2D eigenvalue weighted by molar-refractivity contribution is -0.491. The van der Waals surface area contributed by atoms with Crippen LogP contribution in [0.25, 0.3) is 0 Å². The Kier molecular flexibility index (Phi) is 3.86. The summed E-state index contributed by atoms with van der Waals surface area (Å²) < 4.78 is 0. The molecule has 0 atom stereocenters. The van der Waals surface area contributed by atoms with Crippen LogP contribution >= 0.6 is 0 Å². The monoisotopic (exact) mass is 227 g/mol. The molecule has 9 heteroatoms. The summed E-state index contributed by atoms with van der Waals surface area (Å²) >= 11 is 0. The van der Waals surface area contributed by atoms with Crippen LogP contribution in [0, 0.1) is 16.0 Å². The normalized spacial score (nSPS) is 10.2. The fourth-order valence-corrected chi connectivity index (χ4v) is 0.793. The molecule has 0 aromatic carbocycles. The van der Waals surface area contributed by atoms with Gasteiger partial charge in [-0.3, -0.25) is 0 Å². The minimum absolute atomic E-state index is 0.153. The number of anilines is 2. The van der Waals surface area contributed by atoms with Crippen molar-refractivity contribution in [3.63, 3.8) is 0 Å². The quantitative estimate of drug-likeness (QED) is 0.551. The highest BCUT2D eigenvalue weighted by molar-refractivity contribution is 5.24. The number of nitrogens with one attached hydrogen (secondary N) is 1. The summed E-state index contributed by atoms with van der Waals surface area (Å²) in [5.41, 5.74) is 0. The van der Waals surface area contributed by atoms with Crippen molar-refractivity contribution < 1.29 is 5.03 Å². The molecule has 0 aliphatic heterocycles. The zero-order valence-corrected chi connectivity index (χ0v) is 9.28. The Morgan fingerprint density at radius 1 is 1.38 bits per heavy atom. The maximum atomic E-state index is 10.4. The first-order chi connectivity index (χ1) is 7.50. The van der Waals surface area contributed by atoms with E-state index >= 15 is 0 Å². The highest BCUT2D eigenvalue weighted by Crippen LogP contribution is 2.02. The van der Waals surface area contributed by atoms with Crippen molar-refractivity contribution in [1.82, 2.24) is 20.4 Å². The Labute approximate surface area is 92.0 Å². The molecule has 16 heavy (non-hydrogen) atoms. The molecule has 1 rings (SSSR count). The average molecular weight is 227 g/mol. The lowest BCUT2D eigenvalue weighted by Crippen LogP contribution is -2.27. The number of hydrazine groups is 1. The summed E-state index contributed by atoms with van der Waals surface area (Å²) in [6.45, 7) is 4.75. The Hall–Kier alpha value is -2.06. The fourth-order valence-electron chi connectivity index (χ4n) is 0.793. The topological polar surface area (TPSA) is 110 Å². The van der Waals surface area contributed by atoms with Gasteiger partial charge in [-0.1, -0.05) is 18.9 Å². The van der Waals surface area contributed by atoms with Crippen LogP contribution < -0.4 is 10.3 Å². The summed E-state index contributed by atoms with van der Waals surface area (Å²) in [7, 11) is 1.22. The molecule has 0 saturated heterocycles. The minimum atomic E-state index is -0.653. The largest absolute Gasteiger partial charge is 0.351 e. The molecule has 1 N–H and O–H groups in total. The van der Waals surface area contributed by atoms with Gasteiger partial charge >= 0.3 is 5.95 Å². The Morgan fingerprint density at radius 3 is 2.38 bits per heavy atom. The lowest BCUT2D eigenvalue weighted by Gasteiger charge is -2.07. The van der Waals surface area contributed by atoms with Crippen LogP contribution in [0.1, 0.15) is 13.8 Å². The minimum Gasteiger partial charge on any atom is -0.351 e. The summed E-state index contributed by atoms with van der Waals surface area (Å²) in [5, 5.41) is 27.8. The SMILES string of the molecule is CC(C)CNc1nnc(N(C)[N+](=O)[O-])nn1. The maximum absolute atomic E-state index is 10.4. The van der Waals surface area contributed by atoms with Crippen LogP contribution in [-0.2, 0) is 0 Å². The molecule has 0 bridgehead atoms. The molecule has 0 fully saturated rings. The Bertz CT molecular complexity index is 352. The highest BCUT2D eigenvalue weighted by atomic mass is 16.7. The van der Waals surface area contributed by atoms with E-state index < -0.39 is 5.03 Å². The van der Waals surface area contributed by atoms with Gasteiger partial charge in [0.15, 0.2) is 5.03 Å². The number of aromatic nitrogens is 4. The second kappa shape index (κ2) is 5.14. The van der Waals surface area contributed by atoms with E-state index in [1.165, 1.54) is 7.05 Å². The third kappa shape index (κ3) is 3.26. The number of nitrogens with zero attached hydrogens (tertiary/aromatic N) is 6. The molecule has 9 nitrogen and oxygen atoms in total. The molecular weight excluding hydrogens is 214 g/mol. The molecule has 88 valence electrons. The van der Waals surface area contributed by atoms with Gasteiger partial charge in [0.1, 0.15) is 0 Å². The molecule has 1 heterocycles. The highest BCUT2D eigenvalue weighted by Gasteiger charge is 2.15. The Balaban J connectivity index is 2.64. The zero-order valence-electron chi connectivity index (χ0n) is 9.28. The second-order valence-corrected chi connectivity index (χ2v) is 3.56. The van der Waals surface area contributed by atoms with Gasteiger partial charge in [-0.25, -0.2) is 10.1 Å². The van der Waals surface area contributed by atoms with E-state index in [0.717, 1.165) is 0 Å². The van der Waals surface area contributed by atoms with Crippen molar-refractivity contribution in [1.29, 1.82) is 0 Å². The van der Waals surface area contributed by atoms with Crippen molar-refractivity contribution in [2.45, 2.75) is 13.8 Å². The van der Waals surface area contributed by atoms with Gasteiger partial charge in [0, 0.05) is 6.54 Å². The summed E-state index contributed by atoms with van der Waals surface area (Å²) in [4.78, 5) is 10.4. The first kappa shape index (κ1) is 12.0. The van der Waals surface area contributed by atoms with Crippen LogP contribution in [0.4, 0.5) is 11.9 Å². The number of nitro groups is 1. The van der Waals surface area contributed by atoms with Crippen LogP contribution in [0.5, 0.6) is 0 Å². The average Bonchev–Trinajstić information content (AvgIpc) is 2.26. The van der Waals surface area contributed by atoms with E-state index in [9.17, 15) is 10.1 Å². The first-order valence-electron chi connectivity index (χ1n) is 4.70. The number of hydrogen-bond donors (Lipinski definition) is 1. The Morgan fingerprint density at radius 2 is 1.94 bits per heavy atom. The van der Waals surface area contributed by atoms with Gasteiger partial charge in [-0.2, -0.15) is 0 Å². The van der Waals surface area contributed by atoms with Crippen LogP contribution in [0.15, 0.2) is 0 Å². The molecule has 1 aromatic heterocycles. The van der Waals surface area contributed by atoms with Crippen molar-refractivity contribution in [2.24, 2.45) is 5.92 Å². The molecule has 0 aliphatic rings. The van der Waals surface area contributed by atoms with E-state index in [4.69, 9.17) is 0 Å². The molecule has 0 amide bonds. The van der Waals surface area contributed by atoms with Crippen molar-refractivity contribution in [3.8, 4) is 0 Å². The molecule has 0 aliphatic carbocycles. The number of rotatable bonds is 5. The molecule has 1 aromatic rings. The van der Waals surface area contributed by atoms with Gasteiger partial charge in [-0.05, 0) is 5.92 Å². The molecular formula is C7H13N7O2. The molecule has 0 spiro atoms. The third-order valence-corrected chi connectivity index (χ3v) is 1.67. The van der Waals surface area contributed by atoms with Crippen LogP contribution in [0.2, 0.25) is 0 Å². The smallest absolute Gasteiger partial charge is 0.325 e. The molecule has 0 saturated carbocycles. The van der Waals surface area contributed by atoms with Gasteiger partial charge in [0.05, 0.1) is 7.05 Å². The van der Waals surface area contributed by atoms with Crippen molar-refractivity contribution >= 4 is 11.9 Å². The van der Waals surface area contributed by atoms with E-state index in [0.29, 0.717) is 17.5 Å². The van der Waals surface area contributed by atoms with E-state index in [2.05, 4.69) is 25.7 Å². The maximum Gasteiger partial charge on any atom is 0.325 e. The summed E-state index contributed by atoms with van der Waals surface area (Å²) in [6.07, 6.45) is 0. The summed E-state index contributed by atoms with van der Waals surface area (Å²) in [5.74, 6) is 0.541. The van der Waals surface area contributed by atoms with E-state index in [-0.39, 0.29) is 11.9 Å². The van der Waals surface area contributed by atoms with Gasteiger partial charge < -0.3 is 5.32 Å². The van der Waals surface area contributed by atoms with E-state index in [1.54, 1.807) is 0 Å². The van der Waals surface area contributed by atoms with Crippen LogP contribution in [-0.4, -0.2) is 39.0 Å². The third-order valence-electron chi connectivity index (χ3n) is 1.67. The van der Waals surface area contributed by atoms with Gasteiger partial charge in [0.2, 0.25) is 0 Å². The van der Waals surface area contributed by atoms with Crippen molar-refractivity contribution in [3.05, 3.63) is 10.1 Å². The first-order valence-corrected chi connectivity index (χ1v) is 4.70. The zero-order chi connectivity index (χ0) is 12.1. The van der Waals surface area contributed by atoms with Gasteiger partial charge in [0.25, 0.3) is 5.95 Å². The summed E-state index contributed by atoms with van der Waals surface area (Å²) in [6, 6.07) is 0. The fraction of sp³-hybridized carbons (Fsp3) is 0.714. The van der Waals surface area contributed by atoms with Crippen molar-refractivity contribution in [2.75, 3.05) is 23.9 Å². The van der Waals surface area contributed by atoms with Crippen LogP contribution in [0.3, 0.4) is 0 Å². The predicted octanol–water partition coefficient (Wildman–Crippen LogP) is -0.0376. The van der Waals surface area contributed by atoms with Gasteiger partial charge in [-0.15, -0.1) is 20.4 Å². The molecule has 0 unspecified atom stereocenters. The lowest BCUT2D eigenvalue weighted by atomic mass is 10.2.